The smallest absolute Gasteiger partial charge is 0.349 e. The molecule has 4 rings (SSSR count). The maximum atomic E-state index is 13.9. The maximum Gasteiger partial charge on any atom is 0.459 e. The van der Waals surface area contributed by atoms with Gasteiger partial charge in [0.15, 0.2) is 5.82 Å². The lowest BCUT2D eigenvalue weighted by Crippen LogP contribution is -2.34. The normalized spacial score (nSPS) is 14.0. The highest BCUT2D eigenvalue weighted by atomic mass is 35.5. The molecule has 1 fully saturated rings. The van der Waals surface area contributed by atoms with Crippen molar-refractivity contribution in [3.63, 3.8) is 0 Å². The monoisotopic (exact) mass is 539 g/mol. The number of nitrogens with one attached hydrogen (secondary N) is 1. The molecule has 0 atom stereocenters. The molecule has 0 saturated heterocycles. The van der Waals surface area contributed by atoms with Crippen molar-refractivity contribution in [1.82, 2.24) is 24.9 Å². The van der Waals surface area contributed by atoms with Crippen LogP contribution in [-0.4, -0.2) is 44.1 Å². The number of carbonyl (C=O) groups is 1. The van der Waals surface area contributed by atoms with E-state index in [1.54, 1.807) is 18.2 Å². The highest BCUT2D eigenvalue weighted by Crippen LogP contribution is 2.45. The number of rotatable bonds is 5. The van der Waals surface area contributed by atoms with Crippen LogP contribution in [0.3, 0.4) is 0 Å². The van der Waals surface area contributed by atoms with Gasteiger partial charge >= 0.3 is 12.1 Å². The van der Waals surface area contributed by atoms with Crippen LogP contribution < -0.4 is 5.32 Å². The van der Waals surface area contributed by atoms with Gasteiger partial charge in [-0.25, -0.2) is 13.5 Å². The average Bonchev–Trinajstić information content (AvgIpc) is 3.34. The number of aromatic nitrogens is 4. The molecular formula is C22H21ClF7N5O. The molecule has 0 spiro atoms. The lowest BCUT2D eigenvalue weighted by molar-refractivity contribution is -0.291. The Hall–Kier alpha value is -3.09. The second-order valence-corrected chi connectivity index (χ2v) is 8.54. The minimum atomic E-state index is -5.78. The molecule has 14 heteroatoms. The predicted molar refractivity (Wildman–Crippen MR) is 118 cm³/mol. The molecule has 1 aliphatic rings. The van der Waals surface area contributed by atoms with Crippen molar-refractivity contribution < 1.29 is 35.5 Å². The first kappa shape index (κ1) is 27.5. The first-order chi connectivity index (χ1) is 16.6. The minimum Gasteiger partial charge on any atom is -0.349 e. The second kappa shape index (κ2) is 10.1. The summed E-state index contributed by atoms with van der Waals surface area (Å²) in [6.45, 7) is 1.96. The number of hydrogen-bond acceptors (Lipinski definition) is 3. The van der Waals surface area contributed by atoms with Crippen molar-refractivity contribution in [2.24, 2.45) is 7.05 Å². The number of carbonyl (C=O) groups excluding carboxylic acids is 1. The maximum absolute atomic E-state index is 13.9. The Morgan fingerprint density at radius 1 is 1.17 bits per heavy atom. The molecule has 0 aliphatic heterocycles. The lowest BCUT2D eigenvalue weighted by Gasteiger charge is -2.17. The van der Waals surface area contributed by atoms with E-state index >= 15 is 0 Å². The van der Waals surface area contributed by atoms with Gasteiger partial charge in [-0.2, -0.15) is 32.1 Å². The van der Waals surface area contributed by atoms with Crippen LogP contribution in [0.25, 0.3) is 16.9 Å². The lowest BCUT2D eigenvalue weighted by atomic mass is 10.1. The molecule has 1 aromatic carbocycles. The van der Waals surface area contributed by atoms with E-state index in [1.807, 2.05) is 0 Å². The topological polar surface area (TPSA) is 64.7 Å². The molecule has 3 aromatic rings. The summed E-state index contributed by atoms with van der Waals surface area (Å²) in [4.78, 5) is 12.4. The van der Waals surface area contributed by atoms with Gasteiger partial charge < -0.3 is 5.32 Å². The average molecular weight is 540 g/mol. The predicted octanol–water partition coefficient (Wildman–Crippen LogP) is 6.05. The minimum absolute atomic E-state index is 0.0455. The number of alkyl halides is 7. The zero-order valence-electron chi connectivity index (χ0n) is 19.2. The Morgan fingerprint density at radius 2 is 1.78 bits per heavy atom. The third-order valence-corrected chi connectivity index (χ3v) is 5.49. The van der Waals surface area contributed by atoms with Gasteiger partial charge in [-0.15, -0.1) is 0 Å². The fraction of sp³-hybridized carbons (Fsp3) is 0.409. The van der Waals surface area contributed by atoms with Crippen LogP contribution >= 0.6 is 11.6 Å². The highest BCUT2D eigenvalue weighted by molar-refractivity contribution is 6.34. The number of amides is 1. The zero-order chi connectivity index (χ0) is 27.0. The molecule has 1 saturated carbocycles. The van der Waals surface area contributed by atoms with Crippen molar-refractivity contribution >= 4 is 17.5 Å². The first-order valence-corrected chi connectivity index (χ1v) is 10.9. The van der Waals surface area contributed by atoms with Gasteiger partial charge in [0.1, 0.15) is 5.69 Å². The fourth-order valence-corrected chi connectivity index (χ4v) is 3.53. The van der Waals surface area contributed by atoms with Crippen LogP contribution in [0.4, 0.5) is 30.7 Å². The molecule has 0 unspecified atom stereocenters. The molecule has 1 N–H and O–H groups in total. The van der Waals surface area contributed by atoms with Gasteiger partial charge in [0.2, 0.25) is 6.43 Å². The number of halogens is 8. The van der Waals surface area contributed by atoms with Crippen LogP contribution in [0.5, 0.6) is 0 Å². The summed E-state index contributed by atoms with van der Waals surface area (Å²) in [6, 6.07) is 4.91. The number of nitrogens with zero attached hydrogens (tertiary/aromatic N) is 4. The summed E-state index contributed by atoms with van der Waals surface area (Å²) in [5.74, 6) is -5.47. The zero-order valence-corrected chi connectivity index (χ0v) is 19.9. The standard InChI is InChI=1S/C20H17ClF5N5O.C2H4F2/c1-10-16(19(22,23)20(24,25)26)29-30(2)18(10)31-9-12(8-27-31)11-3-6-15(21)14(7-11)17(32)28-13-4-5-13;1-2(3)4/h3,6-9,13H,4-5H2,1-2H3,(H,28,32);2H,1H3. The molecule has 2 aromatic heterocycles. The van der Waals surface area contributed by atoms with Crippen LogP contribution in [-0.2, 0) is 13.0 Å². The first-order valence-electron chi connectivity index (χ1n) is 10.6. The van der Waals surface area contributed by atoms with E-state index in [4.69, 9.17) is 11.6 Å². The summed E-state index contributed by atoms with van der Waals surface area (Å²) in [5.41, 5.74) is -0.392. The molecule has 0 bridgehead atoms. The van der Waals surface area contributed by atoms with Gasteiger partial charge in [-0.3, -0.25) is 9.48 Å². The van der Waals surface area contributed by atoms with Crippen molar-refractivity contribution in [3.8, 4) is 16.9 Å². The van der Waals surface area contributed by atoms with Crippen molar-refractivity contribution in [2.75, 3.05) is 0 Å². The third kappa shape index (κ3) is 5.82. The van der Waals surface area contributed by atoms with Gasteiger partial charge in [-0.05, 0) is 44.4 Å². The van der Waals surface area contributed by atoms with E-state index in [9.17, 15) is 35.5 Å². The number of aryl methyl sites for hydroxylation is 1. The molecule has 6 nitrogen and oxygen atoms in total. The highest BCUT2D eigenvalue weighted by Gasteiger charge is 2.61. The van der Waals surface area contributed by atoms with E-state index in [-0.39, 0.29) is 33.9 Å². The van der Waals surface area contributed by atoms with E-state index < -0.39 is 24.2 Å². The third-order valence-electron chi connectivity index (χ3n) is 5.16. The van der Waals surface area contributed by atoms with Crippen LogP contribution in [0.2, 0.25) is 5.02 Å². The van der Waals surface area contributed by atoms with Gasteiger partial charge in [-0.1, -0.05) is 17.7 Å². The number of benzene rings is 1. The SMILES string of the molecule is CC(F)F.Cc1c(C(F)(F)C(F)(F)F)nn(C)c1-n1cc(-c2ccc(Cl)c(C(=O)NC3CC3)c2)cn1. The second-order valence-electron chi connectivity index (χ2n) is 8.13. The Bertz CT molecular complexity index is 1250. The molecule has 2 heterocycles. The summed E-state index contributed by atoms with van der Waals surface area (Å²) in [7, 11) is 1.25. The van der Waals surface area contributed by atoms with Gasteiger partial charge in [0.25, 0.3) is 5.91 Å². The van der Waals surface area contributed by atoms with E-state index in [0.717, 1.165) is 36.1 Å². The summed E-state index contributed by atoms with van der Waals surface area (Å²) in [5, 5.41) is 10.6. The Kier molecular flexibility index (Phi) is 7.72. The Labute approximate surface area is 206 Å². The molecule has 196 valence electrons. The largest absolute Gasteiger partial charge is 0.459 e. The van der Waals surface area contributed by atoms with Crippen LogP contribution in [0.1, 0.15) is 41.4 Å². The van der Waals surface area contributed by atoms with Gasteiger partial charge in [0, 0.05) is 30.4 Å². The molecule has 1 amide bonds. The number of hydrogen-bond donors (Lipinski definition) is 1. The van der Waals surface area contributed by atoms with E-state index in [0.29, 0.717) is 11.1 Å². The molecule has 0 radical (unpaired) electrons. The summed E-state index contributed by atoms with van der Waals surface area (Å²) in [6.07, 6.45) is -3.27. The van der Waals surface area contributed by atoms with Crippen LogP contribution in [0.15, 0.2) is 30.6 Å². The molecular weight excluding hydrogens is 519 g/mol. The molecule has 1 aliphatic carbocycles. The summed E-state index contributed by atoms with van der Waals surface area (Å²) >= 11 is 6.15. The van der Waals surface area contributed by atoms with Crippen molar-refractivity contribution in [3.05, 3.63) is 52.4 Å². The van der Waals surface area contributed by atoms with Gasteiger partial charge in [0.05, 0.1) is 16.8 Å². The fourth-order valence-electron chi connectivity index (χ4n) is 3.33. The molecule has 36 heavy (non-hydrogen) atoms. The van der Waals surface area contributed by atoms with Crippen molar-refractivity contribution in [1.29, 1.82) is 0 Å². The Balaban J connectivity index is 0.000000840. The van der Waals surface area contributed by atoms with Crippen LogP contribution in [0, 0.1) is 6.92 Å². The van der Waals surface area contributed by atoms with E-state index in [2.05, 4.69) is 15.5 Å². The van der Waals surface area contributed by atoms with Crippen molar-refractivity contribution in [2.45, 2.75) is 51.3 Å². The quantitative estimate of drug-likeness (QED) is 0.401. The summed E-state index contributed by atoms with van der Waals surface area (Å²) < 4.78 is 89.0. The Morgan fingerprint density at radius 3 is 2.33 bits per heavy atom. The van der Waals surface area contributed by atoms with E-state index in [1.165, 1.54) is 19.4 Å².